The van der Waals surface area contributed by atoms with E-state index < -0.39 is 0 Å². The average molecular weight is 282 g/mol. The summed E-state index contributed by atoms with van der Waals surface area (Å²) in [7, 11) is 0. The highest BCUT2D eigenvalue weighted by atomic mass is 16.1. The monoisotopic (exact) mass is 282 g/mol. The molecule has 110 valence electrons. The van der Waals surface area contributed by atoms with Crippen molar-refractivity contribution in [1.82, 2.24) is 5.32 Å². The third-order valence-corrected chi connectivity index (χ3v) is 3.57. The van der Waals surface area contributed by atoms with Crippen LogP contribution in [0.5, 0.6) is 0 Å². The number of nitrogens with one attached hydrogen (secondary N) is 1. The molecule has 21 heavy (non-hydrogen) atoms. The average Bonchev–Trinajstić information content (AvgIpc) is 2.53. The Morgan fingerprint density at radius 1 is 1.10 bits per heavy atom. The molecule has 3 nitrogen and oxygen atoms in total. The van der Waals surface area contributed by atoms with Crippen LogP contribution in [-0.2, 0) is 11.2 Å². The van der Waals surface area contributed by atoms with Gasteiger partial charge in [0.05, 0.1) is 6.04 Å². The Hall–Kier alpha value is -2.29. The lowest BCUT2D eigenvalue weighted by Crippen LogP contribution is -2.28. The maximum absolute atomic E-state index is 12.1. The van der Waals surface area contributed by atoms with E-state index in [1.807, 2.05) is 42.5 Å². The van der Waals surface area contributed by atoms with Crippen molar-refractivity contribution in [3.05, 3.63) is 65.7 Å². The van der Waals surface area contributed by atoms with Crippen molar-refractivity contribution in [3.8, 4) is 0 Å². The lowest BCUT2D eigenvalue weighted by atomic mass is 10.0. The molecule has 2 aromatic carbocycles. The summed E-state index contributed by atoms with van der Waals surface area (Å²) in [6.45, 7) is 2.08. The summed E-state index contributed by atoms with van der Waals surface area (Å²) >= 11 is 0. The van der Waals surface area contributed by atoms with E-state index in [0.717, 1.165) is 29.7 Å². The zero-order valence-corrected chi connectivity index (χ0v) is 12.4. The van der Waals surface area contributed by atoms with Crippen LogP contribution in [0.2, 0.25) is 0 Å². The van der Waals surface area contributed by atoms with Gasteiger partial charge >= 0.3 is 0 Å². The van der Waals surface area contributed by atoms with Crippen molar-refractivity contribution in [2.45, 2.75) is 32.2 Å². The van der Waals surface area contributed by atoms with E-state index in [2.05, 4.69) is 24.4 Å². The molecule has 0 radical (unpaired) electrons. The van der Waals surface area contributed by atoms with Gasteiger partial charge in [0.15, 0.2) is 0 Å². The topological polar surface area (TPSA) is 55.1 Å². The Labute approximate surface area is 126 Å². The van der Waals surface area contributed by atoms with Crippen molar-refractivity contribution in [2.24, 2.45) is 0 Å². The van der Waals surface area contributed by atoms with E-state index in [9.17, 15) is 4.79 Å². The number of nitrogen functional groups attached to an aromatic ring is 1. The Morgan fingerprint density at radius 3 is 2.38 bits per heavy atom. The fourth-order valence-electron chi connectivity index (χ4n) is 2.32. The normalized spacial score (nSPS) is 11.9. The second-order valence-corrected chi connectivity index (χ2v) is 5.18. The summed E-state index contributed by atoms with van der Waals surface area (Å²) in [5.74, 6) is 0.0857. The van der Waals surface area contributed by atoms with Crippen LogP contribution < -0.4 is 11.1 Å². The highest BCUT2D eigenvalue weighted by molar-refractivity contribution is 5.76. The number of rotatable bonds is 6. The van der Waals surface area contributed by atoms with Crippen LogP contribution in [-0.4, -0.2) is 5.91 Å². The summed E-state index contributed by atoms with van der Waals surface area (Å²) in [6.07, 6.45) is 2.11. The second-order valence-electron chi connectivity index (χ2n) is 5.18. The molecule has 3 N–H and O–H groups in total. The number of nitrogens with two attached hydrogens (primary N) is 1. The molecule has 0 aliphatic carbocycles. The standard InChI is InChI=1S/C18H22N2O/c1-2-17(15-6-4-3-5-7-15)20-18(21)13-10-14-8-11-16(19)12-9-14/h3-9,11-12,17H,2,10,13,19H2,1H3,(H,20,21). The largest absolute Gasteiger partial charge is 0.399 e. The molecule has 0 fully saturated rings. The Kier molecular flexibility index (Phi) is 5.38. The molecule has 0 bridgehead atoms. The van der Waals surface area contributed by atoms with Crippen LogP contribution in [0.4, 0.5) is 5.69 Å². The summed E-state index contributed by atoms with van der Waals surface area (Å²) < 4.78 is 0. The van der Waals surface area contributed by atoms with Crippen LogP contribution in [0, 0.1) is 0 Å². The molecule has 2 aromatic rings. The maximum atomic E-state index is 12.1. The molecule has 1 atom stereocenters. The minimum absolute atomic E-state index is 0.0857. The van der Waals surface area contributed by atoms with Crippen molar-refractivity contribution < 1.29 is 4.79 Å². The molecular formula is C18H22N2O. The van der Waals surface area contributed by atoms with Crippen LogP contribution in [0.3, 0.4) is 0 Å². The first-order chi connectivity index (χ1) is 10.2. The van der Waals surface area contributed by atoms with Gasteiger partial charge in [-0.2, -0.15) is 0 Å². The van der Waals surface area contributed by atoms with Crippen molar-refractivity contribution >= 4 is 11.6 Å². The summed E-state index contributed by atoms with van der Waals surface area (Å²) in [5.41, 5.74) is 8.69. The Bertz CT molecular complexity index is 564. The summed E-state index contributed by atoms with van der Waals surface area (Å²) in [4.78, 5) is 12.1. The van der Waals surface area contributed by atoms with Gasteiger partial charge in [0.1, 0.15) is 0 Å². The Balaban J connectivity index is 1.87. The van der Waals surface area contributed by atoms with Gasteiger partial charge in [0.2, 0.25) is 5.91 Å². The quantitative estimate of drug-likeness (QED) is 0.797. The van der Waals surface area contributed by atoms with Gasteiger partial charge < -0.3 is 11.1 Å². The molecule has 0 aromatic heterocycles. The van der Waals surface area contributed by atoms with Crippen LogP contribution in [0.25, 0.3) is 0 Å². The predicted molar refractivity (Wildman–Crippen MR) is 86.8 cm³/mol. The van der Waals surface area contributed by atoms with Gasteiger partial charge in [-0.3, -0.25) is 4.79 Å². The van der Waals surface area contributed by atoms with Crippen molar-refractivity contribution in [1.29, 1.82) is 0 Å². The summed E-state index contributed by atoms with van der Waals surface area (Å²) in [5, 5.41) is 3.10. The first-order valence-corrected chi connectivity index (χ1v) is 7.37. The minimum atomic E-state index is 0.0857. The first-order valence-electron chi connectivity index (χ1n) is 7.37. The number of hydrogen-bond donors (Lipinski definition) is 2. The number of carbonyl (C=O) groups is 1. The van der Waals surface area contributed by atoms with Gasteiger partial charge in [-0.05, 0) is 36.1 Å². The van der Waals surface area contributed by atoms with Crippen LogP contribution in [0.1, 0.15) is 36.9 Å². The SMILES string of the molecule is CCC(NC(=O)CCc1ccc(N)cc1)c1ccccc1. The van der Waals surface area contributed by atoms with Gasteiger partial charge in [-0.15, -0.1) is 0 Å². The van der Waals surface area contributed by atoms with Gasteiger partial charge in [0.25, 0.3) is 0 Å². The van der Waals surface area contributed by atoms with Crippen molar-refractivity contribution in [3.63, 3.8) is 0 Å². The van der Waals surface area contributed by atoms with E-state index >= 15 is 0 Å². The third-order valence-electron chi connectivity index (χ3n) is 3.57. The molecule has 1 amide bonds. The van der Waals surface area contributed by atoms with E-state index in [-0.39, 0.29) is 11.9 Å². The Morgan fingerprint density at radius 2 is 1.76 bits per heavy atom. The number of aryl methyl sites for hydroxylation is 1. The third kappa shape index (κ3) is 4.63. The zero-order chi connectivity index (χ0) is 15.1. The first kappa shape index (κ1) is 15.1. The number of amides is 1. The zero-order valence-electron chi connectivity index (χ0n) is 12.4. The fourth-order valence-corrected chi connectivity index (χ4v) is 2.32. The van der Waals surface area contributed by atoms with Gasteiger partial charge in [-0.1, -0.05) is 49.4 Å². The molecule has 3 heteroatoms. The molecular weight excluding hydrogens is 260 g/mol. The van der Waals surface area contributed by atoms with Gasteiger partial charge in [0, 0.05) is 12.1 Å². The summed E-state index contributed by atoms with van der Waals surface area (Å²) in [6, 6.07) is 17.8. The highest BCUT2D eigenvalue weighted by Gasteiger charge is 2.12. The van der Waals surface area contributed by atoms with Crippen molar-refractivity contribution in [2.75, 3.05) is 5.73 Å². The number of anilines is 1. The molecule has 0 saturated heterocycles. The molecule has 0 heterocycles. The molecule has 1 unspecified atom stereocenters. The minimum Gasteiger partial charge on any atom is -0.399 e. The predicted octanol–water partition coefficient (Wildman–Crippen LogP) is 3.47. The molecule has 0 saturated carbocycles. The van der Waals surface area contributed by atoms with Crippen LogP contribution >= 0.6 is 0 Å². The molecule has 2 rings (SSSR count). The second kappa shape index (κ2) is 7.48. The van der Waals surface area contributed by atoms with E-state index in [1.54, 1.807) is 0 Å². The number of carbonyl (C=O) groups excluding carboxylic acids is 1. The molecule has 0 spiro atoms. The number of hydrogen-bond acceptors (Lipinski definition) is 2. The lowest BCUT2D eigenvalue weighted by Gasteiger charge is -2.17. The van der Waals surface area contributed by atoms with Crippen LogP contribution in [0.15, 0.2) is 54.6 Å². The number of benzene rings is 2. The highest BCUT2D eigenvalue weighted by Crippen LogP contribution is 2.16. The molecule has 0 aliphatic heterocycles. The van der Waals surface area contributed by atoms with E-state index in [1.165, 1.54) is 0 Å². The molecule has 0 aliphatic rings. The smallest absolute Gasteiger partial charge is 0.220 e. The van der Waals surface area contributed by atoms with E-state index in [4.69, 9.17) is 5.73 Å². The maximum Gasteiger partial charge on any atom is 0.220 e. The lowest BCUT2D eigenvalue weighted by molar-refractivity contribution is -0.121. The van der Waals surface area contributed by atoms with E-state index in [0.29, 0.717) is 6.42 Å². The van der Waals surface area contributed by atoms with Gasteiger partial charge in [-0.25, -0.2) is 0 Å². The fraction of sp³-hybridized carbons (Fsp3) is 0.278.